The molecule has 0 aliphatic heterocycles. The Hall–Kier alpha value is -2.46. The first-order valence-corrected chi connectivity index (χ1v) is 31.4. The fourth-order valence-corrected chi connectivity index (χ4v) is 9.03. The second-order valence-corrected chi connectivity index (χ2v) is 22.7. The molecule has 0 aromatic carbocycles. The van der Waals surface area contributed by atoms with Gasteiger partial charge < -0.3 is 33.8 Å². The highest BCUT2D eigenvalue weighted by Gasteiger charge is 2.30. The first kappa shape index (κ1) is 71.5. The molecule has 19 heteroatoms. The van der Waals surface area contributed by atoms with Gasteiger partial charge in [-0.3, -0.25) is 37.3 Å². The van der Waals surface area contributed by atoms with Crippen molar-refractivity contribution in [2.45, 2.75) is 258 Å². The van der Waals surface area contributed by atoms with Crippen LogP contribution in [-0.4, -0.2) is 96.7 Å². The van der Waals surface area contributed by atoms with Crippen molar-refractivity contribution in [3.63, 3.8) is 0 Å². The fourth-order valence-electron chi connectivity index (χ4n) is 7.45. The number of rotatable bonds is 53. The van der Waals surface area contributed by atoms with E-state index < -0.39 is 97.5 Å². The van der Waals surface area contributed by atoms with Gasteiger partial charge in [-0.15, -0.1) is 0 Å². The molecule has 0 heterocycles. The van der Waals surface area contributed by atoms with Crippen LogP contribution in [0.4, 0.5) is 0 Å². The van der Waals surface area contributed by atoms with Crippen LogP contribution >= 0.6 is 15.6 Å². The topological polar surface area (TPSA) is 237 Å². The summed E-state index contributed by atoms with van der Waals surface area (Å²) in [6.07, 6.45) is 32.5. The van der Waals surface area contributed by atoms with E-state index in [1.165, 1.54) is 38.5 Å². The van der Waals surface area contributed by atoms with Crippen LogP contribution in [0.15, 0.2) is 24.3 Å². The van der Waals surface area contributed by atoms with Gasteiger partial charge in [0.1, 0.15) is 19.3 Å². The van der Waals surface area contributed by atoms with Gasteiger partial charge in [0.05, 0.1) is 26.4 Å². The van der Waals surface area contributed by atoms with Crippen molar-refractivity contribution >= 4 is 39.5 Å². The summed E-state index contributed by atoms with van der Waals surface area (Å²) < 4.78 is 67.1. The number of carbonyl (C=O) groups is 4. The van der Waals surface area contributed by atoms with Crippen molar-refractivity contribution in [1.29, 1.82) is 0 Å². The maximum atomic E-state index is 12.9. The van der Waals surface area contributed by atoms with Crippen LogP contribution in [0.25, 0.3) is 0 Å². The number of aliphatic hydroxyl groups is 1. The van der Waals surface area contributed by atoms with Crippen LogP contribution in [0, 0.1) is 5.92 Å². The van der Waals surface area contributed by atoms with Gasteiger partial charge in [-0.2, -0.15) is 0 Å². The lowest BCUT2D eigenvalue weighted by atomic mass is 10.0. The van der Waals surface area contributed by atoms with E-state index in [9.17, 15) is 43.2 Å². The summed E-state index contributed by atoms with van der Waals surface area (Å²) in [7, 11) is -9.86. The molecule has 0 bridgehead atoms. The van der Waals surface area contributed by atoms with Gasteiger partial charge >= 0.3 is 39.5 Å². The number of esters is 4. The van der Waals surface area contributed by atoms with E-state index in [-0.39, 0.29) is 25.7 Å². The highest BCUT2D eigenvalue weighted by atomic mass is 31.2. The van der Waals surface area contributed by atoms with Gasteiger partial charge in [0.2, 0.25) is 0 Å². The SMILES string of the molecule is CCCCCC/C=C\C=C/CCCCCCCC(=O)O[C@H](COC(=O)CCCCCCCCC(C)C)COP(=O)(O)OC[C@@H](O)COP(=O)(O)OC[C@@H](COC(=O)CCCCCCC)OC(=O)CCCCCCC. The molecule has 2 unspecified atom stereocenters. The molecule has 0 aromatic rings. The molecule has 0 amide bonds. The maximum Gasteiger partial charge on any atom is 0.472 e. The quantitative estimate of drug-likeness (QED) is 0.0169. The summed E-state index contributed by atoms with van der Waals surface area (Å²) in [5.41, 5.74) is 0. The molecule has 17 nitrogen and oxygen atoms in total. The highest BCUT2D eigenvalue weighted by molar-refractivity contribution is 7.47. The molecule has 74 heavy (non-hydrogen) atoms. The summed E-state index contributed by atoms with van der Waals surface area (Å²) in [5, 5.41) is 10.4. The summed E-state index contributed by atoms with van der Waals surface area (Å²) in [6, 6.07) is 0. The molecule has 0 aromatic heterocycles. The minimum Gasteiger partial charge on any atom is -0.462 e. The zero-order valence-electron chi connectivity index (χ0n) is 46.4. The lowest BCUT2D eigenvalue weighted by molar-refractivity contribution is -0.161. The molecular weight excluding hydrogens is 995 g/mol. The number of hydrogen-bond donors (Lipinski definition) is 3. The Balaban J connectivity index is 5.17. The molecular formula is C55H102O17P2. The number of aliphatic hydroxyl groups excluding tert-OH is 1. The Morgan fingerprint density at radius 2 is 0.730 bits per heavy atom. The van der Waals surface area contributed by atoms with Gasteiger partial charge in [0, 0.05) is 25.7 Å². The minimum absolute atomic E-state index is 0.0835. The largest absolute Gasteiger partial charge is 0.472 e. The molecule has 0 aliphatic rings. The van der Waals surface area contributed by atoms with E-state index in [1.54, 1.807) is 0 Å². The molecule has 3 N–H and O–H groups in total. The Morgan fingerprint density at radius 3 is 1.11 bits per heavy atom. The van der Waals surface area contributed by atoms with Crippen LogP contribution in [0.3, 0.4) is 0 Å². The second-order valence-electron chi connectivity index (χ2n) is 19.8. The first-order valence-electron chi connectivity index (χ1n) is 28.5. The zero-order chi connectivity index (χ0) is 55.0. The van der Waals surface area contributed by atoms with Crippen LogP contribution in [0.1, 0.15) is 240 Å². The summed E-state index contributed by atoms with van der Waals surface area (Å²) in [5.74, 6) is -1.53. The fraction of sp³-hybridized carbons (Fsp3) is 0.855. The van der Waals surface area contributed by atoms with E-state index in [2.05, 4.69) is 58.9 Å². The zero-order valence-corrected chi connectivity index (χ0v) is 48.2. The predicted molar refractivity (Wildman–Crippen MR) is 289 cm³/mol. The van der Waals surface area contributed by atoms with E-state index in [4.69, 9.17) is 37.0 Å². The number of unbranched alkanes of at least 4 members (excludes halogenated alkanes) is 22. The second kappa shape index (κ2) is 48.9. The summed E-state index contributed by atoms with van der Waals surface area (Å²) in [4.78, 5) is 71.2. The van der Waals surface area contributed by atoms with Gasteiger partial charge in [0.15, 0.2) is 12.2 Å². The third kappa shape index (κ3) is 49.1. The number of carbonyl (C=O) groups excluding carboxylic acids is 4. The average molecular weight is 1100 g/mol. The monoisotopic (exact) mass is 1100 g/mol. The van der Waals surface area contributed by atoms with Gasteiger partial charge in [-0.05, 0) is 57.3 Å². The molecule has 0 rings (SSSR count). The molecule has 0 saturated heterocycles. The van der Waals surface area contributed by atoms with E-state index in [1.807, 2.05) is 0 Å². The minimum atomic E-state index is -4.94. The molecule has 0 spiro atoms. The van der Waals surface area contributed by atoms with Crippen LogP contribution in [-0.2, 0) is 65.4 Å². The van der Waals surface area contributed by atoms with Crippen molar-refractivity contribution in [2.75, 3.05) is 39.6 Å². The van der Waals surface area contributed by atoms with Crippen molar-refractivity contribution in [3.05, 3.63) is 24.3 Å². The van der Waals surface area contributed by atoms with Gasteiger partial charge in [-0.1, -0.05) is 187 Å². The number of phosphoric ester groups is 2. The van der Waals surface area contributed by atoms with Crippen molar-refractivity contribution in [1.82, 2.24) is 0 Å². The predicted octanol–water partition coefficient (Wildman–Crippen LogP) is 13.8. The lowest BCUT2D eigenvalue weighted by Crippen LogP contribution is -2.30. The highest BCUT2D eigenvalue weighted by Crippen LogP contribution is 2.45. The summed E-state index contributed by atoms with van der Waals surface area (Å²) in [6.45, 7) is 6.78. The van der Waals surface area contributed by atoms with E-state index in [0.29, 0.717) is 31.6 Å². The molecule has 0 fully saturated rings. The smallest absolute Gasteiger partial charge is 0.462 e. The first-order chi connectivity index (χ1) is 35.5. The van der Waals surface area contributed by atoms with Crippen LogP contribution in [0.2, 0.25) is 0 Å². The molecule has 5 atom stereocenters. The van der Waals surface area contributed by atoms with Crippen molar-refractivity contribution in [2.24, 2.45) is 5.92 Å². The number of phosphoric acid groups is 2. The molecule has 434 valence electrons. The van der Waals surface area contributed by atoms with Crippen LogP contribution in [0.5, 0.6) is 0 Å². The van der Waals surface area contributed by atoms with Crippen LogP contribution < -0.4 is 0 Å². The van der Waals surface area contributed by atoms with Gasteiger partial charge in [-0.25, -0.2) is 9.13 Å². The van der Waals surface area contributed by atoms with Gasteiger partial charge in [0.25, 0.3) is 0 Å². The van der Waals surface area contributed by atoms with E-state index >= 15 is 0 Å². The number of ether oxygens (including phenoxy) is 4. The third-order valence-corrected chi connectivity index (χ3v) is 13.8. The maximum absolute atomic E-state index is 12.9. The average Bonchev–Trinajstić information content (AvgIpc) is 3.36. The number of hydrogen-bond acceptors (Lipinski definition) is 15. The summed E-state index contributed by atoms with van der Waals surface area (Å²) >= 11 is 0. The van der Waals surface area contributed by atoms with Crippen molar-refractivity contribution < 1.29 is 80.2 Å². The standard InChI is InChI=1S/C55H102O17P2/c1-6-9-12-15-16-17-18-19-20-21-22-23-24-31-36-41-55(60)72-51(45-66-53(58)39-34-30-26-25-29-32-37-48(4)5)47-70-74(63,64)68-43-49(56)42-67-73(61,62)69-46-50(71-54(59)40-35-28-14-11-8-3)44-65-52(57)38-33-27-13-10-7-2/h17-20,48-51,56H,6-16,21-47H2,1-5H3,(H,61,62)(H,63,64)/b18-17-,20-19-/t49-,50+,51+/m0/s1. The number of allylic oxidation sites excluding steroid dienone is 4. The Labute approximate surface area is 446 Å². The normalized spacial score (nSPS) is 14.7. The Bertz CT molecular complexity index is 1560. The van der Waals surface area contributed by atoms with E-state index in [0.717, 1.165) is 116 Å². The molecule has 0 saturated carbocycles. The Morgan fingerprint density at radius 1 is 0.419 bits per heavy atom. The lowest BCUT2D eigenvalue weighted by Gasteiger charge is -2.21. The van der Waals surface area contributed by atoms with Crippen molar-refractivity contribution in [3.8, 4) is 0 Å². The molecule has 0 radical (unpaired) electrons. The third-order valence-electron chi connectivity index (χ3n) is 11.9. The molecule has 0 aliphatic carbocycles. The Kier molecular flexibility index (Phi) is 47.3.